The van der Waals surface area contributed by atoms with E-state index in [9.17, 15) is 9.90 Å². The van der Waals surface area contributed by atoms with Crippen molar-refractivity contribution in [3.05, 3.63) is 12.2 Å². The zero-order valence-electron chi connectivity index (χ0n) is 6.00. The molecular formula is C7H11O3. The maximum Gasteiger partial charge on any atom is 0.550 e. The average molecular weight is 143 g/mol. The molecule has 0 aromatic rings. The van der Waals surface area contributed by atoms with Crippen LogP contribution in [0.4, 0.5) is 4.79 Å². The summed E-state index contributed by atoms with van der Waals surface area (Å²) < 4.78 is 4.11. The predicted octanol–water partition coefficient (Wildman–Crippen LogP) is 1.91. The van der Waals surface area contributed by atoms with E-state index in [1.54, 1.807) is 6.08 Å². The molecule has 0 fully saturated rings. The van der Waals surface area contributed by atoms with Gasteiger partial charge in [0, 0.05) is 0 Å². The van der Waals surface area contributed by atoms with Gasteiger partial charge in [-0.15, -0.1) is 0 Å². The number of carbonyl (C=O) groups is 1. The van der Waals surface area contributed by atoms with Crippen molar-refractivity contribution in [1.82, 2.24) is 0 Å². The number of carbonyl (C=O) groups excluding carboxylic acids is 1. The zero-order chi connectivity index (χ0) is 7.82. The number of hydrogen-bond acceptors (Lipinski definition) is 2. The smallest absolute Gasteiger partial charge is 0.428 e. The highest BCUT2D eigenvalue weighted by atomic mass is 16.7. The van der Waals surface area contributed by atoms with Crippen LogP contribution >= 0.6 is 0 Å². The lowest BCUT2D eigenvalue weighted by atomic mass is 10.3. The molecule has 0 aromatic carbocycles. The van der Waals surface area contributed by atoms with Gasteiger partial charge in [-0.05, 0) is 6.42 Å². The van der Waals surface area contributed by atoms with E-state index in [4.69, 9.17) is 0 Å². The summed E-state index contributed by atoms with van der Waals surface area (Å²) in [5, 5.41) is 9.66. The van der Waals surface area contributed by atoms with Gasteiger partial charge in [0.15, 0.2) is 0 Å². The highest BCUT2D eigenvalue weighted by Gasteiger charge is 1.93. The molecule has 0 spiro atoms. The van der Waals surface area contributed by atoms with Crippen LogP contribution in [0.15, 0.2) is 12.2 Å². The van der Waals surface area contributed by atoms with Crippen molar-refractivity contribution >= 4 is 6.16 Å². The summed E-state index contributed by atoms with van der Waals surface area (Å²) in [6.45, 7) is 2.15. The van der Waals surface area contributed by atoms with Crippen LogP contribution in [0.1, 0.15) is 19.8 Å². The summed E-state index contributed by atoms with van der Waals surface area (Å²) in [5.74, 6) is 0. The van der Waals surface area contributed by atoms with Gasteiger partial charge in [-0.25, -0.2) is 0 Å². The Morgan fingerprint density at radius 2 is 2.20 bits per heavy atom. The van der Waals surface area contributed by atoms with E-state index in [0.717, 1.165) is 12.8 Å². The van der Waals surface area contributed by atoms with E-state index in [1.165, 1.54) is 0 Å². The van der Waals surface area contributed by atoms with Crippen molar-refractivity contribution in [3.63, 3.8) is 0 Å². The molecule has 0 atom stereocenters. The summed E-state index contributed by atoms with van der Waals surface area (Å²) in [6, 6.07) is 0. The first-order valence-corrected chi connectivity index (χ1v) is 3.26. The third kappa shape index (κ3) is 7.01. The van der Waals surface area contributed by atoms with E-state index in [2.05, 4.69) is 4.74 Å². The number of rotatable bonds is 4. The molecule has 0 aliphatic carbocycles. The fraction of sp³-hybridized carbons (Fsp3) is 0.571. The minimum absolute atomic E-state index is 0.0995. The Bertz CT molecular complexity index is 118. The van der Waals surface area contributed by atoms with E-state index in [1.807, 2.05) is 13.0 Å². The fourth-order valence-corrected chi connectivity index (χ4v) is 0.469. The first-order chi connectivity index (χ1) is 4.77. The number of hydrogen-bond donors (Lipinski definition) is 0. The third-order valence-corrected chi connectivity index (χ3v) is 0.919. The van der Waals surface area contributed by atoms with Gasteiger partial charge in [-0.3, -0.25) is 0 Å². The van der Waals surface area contributed by atoms with Crippen LogP contribution < -0.4 is 0 Å². The lowest BCUT2D eigenvalue weighted by Gasteiger charge is -1.89. The molecule has 0 bridgehead atoms. The summed E-state index contributed by atoms with van der Waals surface area (Å²) in [4.78, 5) is 9.66. The van der Waals surface area contributed by atoms with Gasteiger partial charge in [0.1, 0.15) is 6.61 Å². The van der Waals surface area contributed by atoms with E-state index >= 15 is 0 Å². The van der Waals surface area contributed by atoms with Crippen molar-refractivity contribution < 1.29 is 14.6 Å². The van der Waals surface area contributed by atoms with Gasteiger partial charge in [0.25, 0.3) is 0 Å². The van der Waals surface area contributed by atoms with Crippen LogP contribution in [0.3, 0.4) is 0 Å². The van der Waals surface area contributed by atoms with Crippen LogP contribution in [0.2, 0.25) is 0 Å². The Kier molecular flexibility index (Phi) is 5.53. The molecule has 1 radical (unpaired) electrons. The second-order valence-corrected chi connectivity index (χ2v) is 1.82. The highest BCUT2D eigenvalue weighted by Crippen LogP contribution is 1.88. The summed E-state index contributed by atoms with van der Waals surface area (Å²) >= 11 is 0. The van der Waals surface area contributed by atoms with Gasteiger partial charge in [-0.2, -0.15) is 9.90 Å². The molecule has 57 valence electrons. The molecule has 0 heterocycles. The maximum atomic E-state index is 9.66. The lowest BCUT2D eigenvalue weighted by Crippen LogP contribution is -1.96. The molecule has 0 saturated carbocycles. The molecule has 0 aliphatic heterocycles. The first kappa shape index (κ1) is 9.01. The molecule has 0 amide bonds. The monoisotopic (exact) mass is 143 g/mol. The Morgan fingerprint density at radius 1 is 1.50 bits per heavy atom. The van der Waals surface area contributed by atoms with Gasteiger partial charge in [0.05, 0.1) is 0 Å². The van der Waals surface area contributed by atoms with Crippen molar-refractivity contribution in [3.8, 4) is 0 Å². The second-order valence-electron chi connectivity index (χ2n) is 1.82. The van der Waals surface area contributed by atoms with Crippen molar-refractivity contribution in [2.75, 3.05) is 6.61 Å². The number of unbranched alkanes of at least 4 members (excludes halogenated alkanes) is 1. The quantitative estimate of drug-likeness (QED) is 0.445. The summed E-state index contributed by atoms with van der Waals surface area (Å²) in [6.07, 6.45) is 4.08. The first-order valence-electron chi connectivity index (χ1n) is 3.26. The summed E-state index contributed by atoms with van der Waals surface area (Å²) in [7, 11) is 0. The van der Waals surface area contributed by atoms with Gasteiger partial charge in [-0.1, -0.05) is 25.5 Å². The SMILES string of the molecule is CCC/C=C/COC([O])=O. The van der Waals surface area contributed by atoms with Crippen molar-refractivity contribution in [2.45, 2.75) is 19.8 Å². The van der Waals surface area contributed by atoms with Gasteiger partial charge in [0.2, 0.25) is 0 Å². The van der Waals surface area contributed by atoms with Crippen molar-refractivity contribution in [2.24, 2.45) is 0 Å². The Morgan fingerprint density at radius 3 is 2.70 bits per heavy atom. The van der Waals surface area contributed by atoms with E-state index in [0.29, 0.717) is 0 Å². The summed E-state index contributed by atoms with van der Waals surface area (Å²) in [5.41, 5.74) is 0. The van der Waals surface area contributed by atoms with Crippen LogP contribution in [0, 0.1) is 0 Å². The molecule has 0 aliphatic rings. The van der Waals surface area contributed by atoms with Crippen LogP contribution in [0.25, 0.3) is 0 Å². The van der Waals surface area contributed by atoms with Gasteiger partial charge < -0.3 is 4.74 Å². The standard InChI is InChI=1S/C7H11O3/c1-2-3-4-5-6-10-7(8)9/h4-5H,2-3,6H2,1H3/b5-4+. The molecule has 0 rings (SSSR count). The molecule has 10 heavy (non-hydrogen) atoms. The van der Waals surface area contributed by atoms with Crippen LogP contribution in [0.5, 0.6) is 0 Å². The average Bonchev–Trinajstić information content (AvgIpc) is 1.87. The minimum Gasteiger partial charge on any atom is -0.428 e. The molecule has 0 saturated heterocycles. The lowest BCUT2D eigenvalue weighted by molar-refractivity contribution is 0.0769. The predicted molar refractivity (Wildman–Crippen MR) is 36.1 cm³/mol. The Hall–Kier alpha value is -0.990. The molecular weight excluding hydrogens is 132 g/mol. The minimum atomic E-state index is -1.47. The highest BCUT2D eigenvalue weighted by molar-refractivity contribution is 5.56. The Balaban J connectivity index is 3.10. The number of ether oxygens (including phenoxy) is 1. The molecule has 0 aromatic heterocycles. The molecule has 0 N–H and O–H groups in total. The topological polar surface area (TPSA) is 46.2 Å². The molecule has 0 unspecified atom stereocenters. The fourth-order valence-electron chi connectivity index (χ4n) is 0.469. The zero-order valence-corrected chi connectivity index (χ0v) is 6.00. The van der Waals surface area contributed by atoms with Gasteiger partial charge >= 0.3 is 6.16 Å². The molecule has 3 heteroatoms. The van der Waals surface area contributed by atoms with Crippen LogP contribution in [-0.2, 0) is 9.84 Å². The largest absolute Gasteiger partial charge is 0.550 e. The normalized spacial score (nSPS) is 10.1. The number of allylic oxidation sites excluding steroid dienone is 1. The van der Waals surface area contributed by atoms with E-state index < -0.39 is 6.16 Å². The second kappa shape index (κ2) is 6.13. The molecule has 3 nitrogen and oxygen atoms in total. The van der Waals surface area contributed by atoms with E-state index in [-0.39, 0.29) is 6.61 Å². The van der Waals surface area contributed by atoms with Crippen molar-refractivity contribution in [1.29, 1.82) is 0 Å². The maximum absolute atomic E-state index is 9.66. The Labute approximate surface area is 60.3 Å². The third-order valence-electron chi connectivity index (χ3n) is 0.919. The van der Waals surface area contributed by atoms with Crippen LogP contribution in [-0.4, -0.2) is 12.8 Å².